The Bertz CT molecular complexity index is 1520. The molecule has 1 saturated heterocycles. The lowest BCUT2D eigenvalue weighted by atomic mass is 9.81. The van der Waals surface area contributed by atoms with E-state index in [4.69, 9.17) is 21.1 Å². The van der Waals surface area contributed by atoms with Gasteiger partial charge in [-0.2, -0.15) is 13.2 Å². The minimum atomic E-state index is -4.78. The van der Waals surface area contributed by atoms with Crippen molar-refractivity contribution >= 4 is 27.3 Å². The molecule has 0 bridgehead atoms. The van der Waals surface area contributed by atoms with Crippen molar-refractivity contribution in [3.05, 3.63) is 76.8 Å². The molecule has 39 heavy (non-hydrogen) atoms. The lowest BCUT2D eigenvalue weighted by Crippen LogP contribution is -2.52. The predicted octanol–water partition coefficient (Wildman–Crippen LogP) is 5.66. The summed E-state index contributed by atoms with van der Waals surface area (Å²) in [5, 5.41) is 9.46. The van der Waals surface area contributed by atoms with E-state index in [1.165, 1.54) is 18.2 Å². The van der Waals surface area contributed by atoms with E-state index in [-0.39, 0.29) is 55.4 Å². The Kier molecular flexibility index (Phi) is 7.03. The molecule has 3 aromatic carbocycles. The third-order valence-corrected chi connectivity index (χ3v) is 8.92. The number of halogens is 6. The molecule has 2 heterocycles. The normalized spacial score (nSPS) is 18.7. The molecule has 1 atom stereocenters. The van der Waals surface area contributed by atoms with Crippen molar-refractivity contribution in [3.63, 3.8) is 0 Å². The van der Waals surface area contributed by atoms with Crippen LogP contribution in [0.5, 0.6) is 5.75 Å². The average Bonchev–Trinajstić information content (AvgIpc) is 2.87. The summed E-state index contributed by atoms with van der Waals surface area (Å²) >= 11 is 6.05. The molecule has 5 rings (SSSR count). The van der Waals surface area contributed by atoms with E-state index in [1.54, 1.807) is 0 Å². The SMILES string of the molecule is O=S(=O)(c1cccc(C(F)(F)F)c1)N1CC(CC2(CO)COC2)Oc2ccc(-c3cc(F)cc(F)c3Cl)cc21. The van der Waals surface area contributed by atoms with Gasteiger partial charge in [0.05, 0.1) is 47.5 Å². The van der Waals surface area contributed by atoms with Crippen molar-refractivity contribution in [3.8, 4) is 16.9 Å². The van der Waals surface area contributed by atoms with Crippen molar-refractivity contribution in [2.75, 3.05) is 30.7 Å². The van der Waals surface area contributed by atoms with E-state index in [2.05, 4.69) is 0 Å². The smallest absolute Gasteiger partial charge is 0.416 e. The first-order valence-electron chi connectivity index (χ1n) is 11.7. The van der Waals surface area contributed by atoms with E-state index in [0.29, 0.717) is 12.1 Å². The number of sulfonamides is 1. The van der Waals surface area contributed by atoms with Crippen LogP contribution in [0.15, 0.2) is 59.5 Å². The summed E-state index contributed by atoms with van der Waals surface area (Å²) in [7, 11) is -4.59. The van der Waals surface area contributed by atoms with Crippen LogP contribution in [0.3, 0.4) is 0 Å². The van der Waals surface area contributed by atoms with Gasteiger partial charge in [-0.3, -0.25) is 4.31 Å². The van der Waals surface area contributed by atoms with Gasteiger partial charge >= 0.3 is 6.18 Å². The number of hydrogen-bond acceptors (Lipinski definition) is 5. The number of ether oxygens (including phenoxy) is 2. The Balaban J connectivity index is 1.62. The Morgan fingerprint density at radius 1 is 1.08 bits per heavy atom. The van der Waals surface area contributed by atoms with Crippen molar-refractivity contribution in [1.29, 1.82) is 0 Å². The van der Waals surface area contributed by atoms with Crippen molar-refractivity contribution in [1.82, 2.24) is 0 Å². The van der Waals surface area contributed by atoms with Gasteiger partial charge in [0.2, 0.25) is 0 Å². The summed E-state index contributed by atoms with van der Waals surface area (Å²) in [6.45, 7) is -0.0664. The zero-order valence-corrected chi connectivity index (χ0v) is 21.6. The van der Waals surface area contributed by atoms with Crippen LogP contribution < -0.4 is 9.04 Å². The molecule has 13 heteroatoms. The molecular weight excluding hydrogens is 569 g/mol. The van der Waals surface area contributed by atoms with Crippen LogP contribution in [0, 0.1) is 17.0 Å². The molecule has 3 aromatic rings. The summed E-state index contributed by atoms with van der Waals surface area (Å²) in [6.07, 6.45) is -5.35. The number of aliphatic hydroxyl groups is 1. The number of benzene rings is 3. The zero-order chi connectivity index (χ0) is 28.2. The van der Waals surface area contributed by atoms with Crippen molar-refractivity contribution in [2.24, 2.45) is 5.41 Å². The molecule has 0 spiro atoms. The van der Waals surface area contributed by atoms with E-state index in [9.17, 15) is 35.5 Å². The molecule has 0 amide bonds. The second-order valence-corrected chi connectivity index (χ2v) is 11.8. The number of aliphatic hydroxyl groups excluding tert-OH is 1. The van der Waals surface area contributed by atoms with Gasteiger partial charge in [-0.05, 0) is 48.4 Å². The number of fused-ring (bicyclic) bond motifs is 1. The Labute approximate surface area is 225 Å². The van der Waals surface area contributed by atoms with Crippen LogP contribution in [-0.4, -0.2) is 46.0 Å². The van der Waals surface area contributed by atoms with Crippen LogP contribution in [-0.2, 0) is 20.9 Å². The highest BCUT2D eigenvalue weighted by Crippen LogP contribution is 2.44. The fourth-order valence-corrected chi connectivity index (χ4v) is 6.45. The number of nitrogens with zero attached hydrogens (tertiary/aromatic N) is 1. The predicted molar refractivity (Wildman–Crippen MR) is 132 cm³/mol. The Hall–Kier alpha value is -2.93. The van der Waals surface area contributed by atoms with E-state index in [0.717, 1.165) is 28.6 Å². The van der Waals surface area contributed by atoms with Gasteiger partial charge in [0, 0.05) is 17.0 Å². The van der Waals surface area contributed by atoms with Crippen LogP contribution in [0.25, 0.3) is 11.1 Å². The quantitative estimate of drug-likeness (QED) is 0.297. The van der Waals surface area contributed by atoms with Gasteiger partial charge in [-0.25, -0.2) is 17.2 Å². The molecule has 2 aliphatic rings. The second-order valence-electron chi connectivity index (χ2n) is 9.59. The summed E-state index contributed by atoms with van der Waals surface area (Å²) in [5.74, 6) is -1.86. The third kappa shape index (κ3) is 5.18. The van der Waals surface area contributed by atoms with Gasteiger partial charge in [0.15, 0.2) is 0 Å². The molecule has 208 valence electrons. The summed E-state index contributed by atoms with van der Waals surface area (Å²) < 4.78 is 108. The number of anilines is 1. The third-order valence-electron chi connectivity index (χ3n) is 6.76. The number of hydrogen-bond donors (Lipinski definition) is 1. The highest BCUT2D eigenvalue weighted by atomic mass is 35.5. The number of alkyl halides is 3. The van der Waals surface area contributed by atoms with Crippen LogP contribution >= 0.6 is 11.6 Å². The standard InChI is InChI=1S/C26H21ClF5NO5S/c27-24-20(8-17(28)9-21(24)29)15-4-5-23-22(6-15)33(11-18(38-23)10-25(12-34)13-37-14-25)39(35,36)19-3-1-2-16(7-19)26(30,31)32/h1-9,18,34H,10-14H2. The molecule has 0 aliphatic carbocycles. The summed E-state index contributed by atoms with van der Waals surface area (Å²) in [6, 6.07) is 9.05. The molecule has 1 unspecified atom stereocenters. The molecule has 1 fully saturated rings. The lowest BCUT2D eigenvalue weighted by Gasteiger charge is -2.44. The minimum absolute atomic E-state index is 0.0511. The maximum atomic E-state index is 14.1. The van der Waals surface area contributed by atoms with Gasteiger partial charge in [-0.1, -0.05) is 23.7 Å². The first kappa shape index (κ1) is 27.6. The number of rotatable bonds is 6. The maximum Gasteiger partial charge on any atom is 0.416 e. The van der Waals surface area contributed by atoms with Crippen LogP contribution in [0.1, 0.15) is 12.0 Å². The summed E-state index contributed by atoms with van der Waals surface area (Å²) in [5.41, 5.74) is -1.75. The topological polar surface area (TPSA) is 76.1 Å². The summed E-state index contributed by atoms with van der Waals surface area (Å²) in [4.78, 5) is -0.604. The van der Waals surface area contributed by atoms with E-state index in [1.807, 2.05) is 0 Å². The van der Waals surface area contributed by atoms with Crippen molar-refractivity contribution < 1.29 is 45.0 Å². The lowest BCUT2D eigenvalue weighted by molar-refractivity contribution is -0.151. The fraction of sp³-hybridized carbons (Fsp3) is 0.308. The molecule has 0 radical (unpaired) electrons. The van der Waals surface area contributed by atoms with Crippen LogP contribution in [0.2, 0.25) is 5.02 Å². The first-order chi connectivity index (χ1) is 18.3. The maximum absolute atomic E-state index is 14.1. The molecule has 1 N–H and O–H groups in total. The first-order valence-corrected chi connectivity index (χ1v) is 13.5. The molecule has 6 nitrogen and oxygen atoms in total. The minimum Gasteiger partial charge on any atom is -0.486 e. The largest absolute Gasteiger partial charge is 0.486 e. The highest BCUT2D eigenvalue weighted by molar-refractivity contribution is 7.92. The zero-order valence-electron chi connectivity index (χ0n) is 20.0. The van der Waals surface area contributed by atoms with E-state index >= 15 is 0 Å². The monoisotopic (exact) mass is 589 g/mol. The molecular formula is C26H21ClF5NO5S. The molecule has 2 aliphatic heterocycles. The Morgan fingerprint density at radius 3 is 2.46 bits per heavy atom. The average molecular weight is 590 g/mol. The highest BCUT2D eigenvalue weighted by Gasteiger charge is 2.44. The van der Waals surface area contributed by atoms with Gasteiger partial charge in [0.25, 0.3) is 10.0 Å². The van der Waals surface area contributed by atoms with E-state index < -0.39 is 54.8 Å². The Morgan fingerprint density at radius 2 is 1.82 bits per heavy atom. The van der Waals surface area contributed by atoms with Gasteiger partial charge < -0.3 is 14.6 Å². The second kappa shape index (κ2) is 9.92. The molecule has 0 aromatic heterocycles. The van der Waals surface area contributed by atoms with Gasteiger partial charge in [0.1, 0.15) is 23.5 Å². The van der Waals surface area contributed by atoms with Crippen LogP contribution in [0.4, 0.5) is 27.6 Å². The molecule has 0 saturated carbocycles. The van der Waals surface area contributed by atoms with Gasteiger partial charge in [-0.15, -0.1) is 0 Å². The fourth-order valence-electron chi connectivity index (χ4n) is 4.69. The van der Waals surface area contributed by atoms with Crippen molar-refractivity contribution in [2.45, 2.75) is 23.6 Å².